The van der Waals surface area contributed by atoms with Crippen molar-refractivity contribution in [3.63, 3.8) is 0 Å². The molecule has 1 unspecified atom stereocenters. The minimum absolute atomic E-state index is 0.00893. The normalized spacial score (nSPS) is 22.8. The molecule has 0 radical (unpaired) electrons. The van der Waals surface area contributed by atoms with Gasteiger partial charge in [-0.25, -0.2) is 4.98 Å². The summed E-state index contributed by atoms with van der Waals surface area (Å²) in [5.74, 6) is 2.38. The summed E-state index contributed by atoms with van der Waals surface area (Å²) in [6, 6.07) is 11.0. The third-order valence-electron chi connectivity index (χ3n) is 5.37. The molecule has 8 heteroatoms. The number of ether oxygens (including phenoxy) is 2. The average Bonchev–Trinajstić information content (AvgIpc) is 3.15. The molecule has 1 saturated carbocycles. The van der Waals surface area contributed by atoms with E-state index >= 15 is 0 Å². The number of aromatic nitrogens is 1. The van der Waals surface area contributed by atoms with Gasteiger partial charge in [-0.3, -0.25) is 4.79 Å². The van der Waals surface area contributed by atoms with Gasteiger partial charge >= 0.3 is 0 Å². The summed E-state index contributed by atoms with van der Waals surface area (Å²) in [7, 11) is 0. The number of hydrogen-bond donors (Lipinski definition) is 1. The second-order valence-electron chi connectivity index (χ2n) is 7.44. The average molecular weight is 436 g/mol. The van der Waals surface area contributed by atoms with Crippen LogP contribution in [-0.2, 0) is 4.79 Å². The number of benzene rings is 1. The molecule has 3 atom stereocenters. The molecule has 4 rings (SSSR count). The van der Waals surface area contributed by atoms with Gasteiger partial charge in [-0.1, -0.05) is 23.2 Å². The minimum Gasteiger partial charge on any atom is -0.494 e. The molecular weight excluding hydrogens is 413 g/mol. The highest BCUT2D eigenvalue weighted by molar-refractivity contribution is 6.30. The largest absolute Gasteiger partial charge is 0.494 e. The highest BCUT2D eigenvalue weighted by Gasteiger charge is 2.56. The van der Waals surface area contributed by atoms with Gasteiger partial charge in [-0.05, 0) is 54.7 Å². The molecule has 1 amide bonds. The molecule has 2 heterocycles. The SMILES string of the molecule is O=C(COc1ccc(Cl)nc1)NC1[C@H]2CN(CCCOc3ccc(Cl)cc3)C[C@@H]12. The van der Waals surface area contributed by atoms with Crippen molar-refractivity contribution in [1.82, 2.24) is 15.2 Å². The van der Waals surface area contributed by atoms with Crippen LogP contribution < -0.4 is 14.8 Å². The lowest BCUT2D eigenvalue weighted by Crippen LogP contribution is -2.37. The van der Waals surface area contributed by atoms with Crippen LogP contribution in [0.2, 0.25) is 10.2 Å². The number of carbonyl (C=O) groups is 1. The number of nitrogens with zero attached hydrogens (tertiary/aromatic N) is 2. The molecule has 6 nitrogen and oxygen atoms in total. The number of rotatable bonds is 9. The van der Waals surface area contributed by atoms with Gasteiger partial charge in [0.25, 0.3) is 5.91 Å². The second kappa shape index (κ2) is 9.20. The van der Waals surface area contributed by atoms with Crippen molar-refractivity contribution < 1.29 is 14.3 Å². The maximum Gasteiger partial charge on any atom is 0.258 e. The van der Waals surface area contributed by atoms with E-state index in [1.54, 1.807) is 12.1 Å². The van der Waals surface area contributed by atoms with E-state index in [2.05, 4.69) is 15.2 Å². The molecule has 2 aliphatic rings. The first-order valence-corrected chi connectivity index (χ1v) is 10.5. The van der Waals surface area contributed by atoms with Gasteiger partial charge in [0, 0.05) is 30.7 Å². The topological polar surface area (TPSA) is 63.7 Å². The number of fused-ring (bicyclic) bond motifs is 1. The molecule has 1 saturated heterocycles. The zero-order valence-corrected chi connectivity index (χ0v) is 17.4. The molecular formula is C21H23Cl2N3O3. The Morgan fingerprint density at radius 3 is 2.48 bits per heavy atom. The monoisotopic (exact) mass is 435 g/mol. The maximum absolute atomic E-state index is 12.1. The predicted molar refractivity (Wildman–Crippen MR) is 112 cm³/mol. The predicted octanol–water partition coefficient (Wildman–Crippen LogP) is 3.28. The lowest BCUT2D eigenvalue weighted by atomic mass is 10.3. The first-order valence-electron chi connectivity index (χ1n) is 9.73. The van der Waals surface area contributed by atoms with E-state index in [-0.39, 0.29) is 18.6 Å². The zero-order chi connectivity index (χ0) is 20.2. The summed E-state index contributed by atoms with van der Waals surface area (Å²) < 4.78 is 11.2. The minimum atomic E-state index is -0.0951. The number of amides is 1. The van der Waals surface area contributed by atoms with Crippen molar-refractivity contribution in [2.75, 3.05) is 32.8 Å². The Morgan fingerprint density at radius 1 is 1.07 bits per heavy atom. The number of halogens is 2. The van der Waals surface area contributed by atoms with Gasteiger partial charge in [0.15, 0.2) is 6.61 Å². The molecule has 2 fully saturated rings. The highest BCUT2D eigenvalue weighted by atomic mass is 35.5. The van der Waals surface area contributed by atoms with Gasteiger partial charge in [-0.15, -0.1) is 0 Å². The number of pyridine rings is 1. The van der Waals surface area contributed by atoms with Crippen LogP contribution >= 0.6 is 23.2 Å². The Balaban J connectivity index is 1.08. The molecule has 1 aliphatic carbocycles. The fourth-order valence-corrected chi connectivity index (χ4v) is 4.08. The zero-order valence-electron chi connectivity index (χ0n) is 15.9. The summed E-state index contributed by atoms with van der Waals surface area (Å²) in [6.07, 6.45) is 2.48. The van der Waals surface area contributed by atoms with E-state index < -0.39 is 0 Å². The van der Waals surface area contributed by atoms with E-state index in [0.717, 1.165) is 31.8 Å². The Morgan fingerprint density at radius 2 is 1.79 bits per heavy atom. The van der Waals surface area contributed by atoms with Gasteiger partial charge in [0.2, 0.25) is 0 Å². The molecule has 1 aliphatic heterocycles. The molecule has 0 bridgehead atoms. The number of likely N-dealkylation sites (tertiary alicyclic amines) is 1. The third kappa shape index (κ3) is 5.53. The van der Waals surface area contributed by atoms with Gasteiger partial charge in [0.05, 0.1) is 12.8 Å². The molecule has 2 aromatic rings. The quantitative estimate of drug-likeness (QED) is 0.483. The summed E-state index contributed by atoms with van der Waals surface area (Å²) in [5, 5.41) is 4.19. The van der Waals surface area contributed by atoms with Crippen molar-refractivity contribution in [1.29, 1.82) is 0 Å². The Hall–Kier alpha value is -2.02. The fraction of sp³-hybridized carbons (Fsp3) is 0.429. The van der Waals surface area contributed by atoms with Crippen LogP contribution in [0.25, 0.3) is 0 Å². The maximum atomic E-state index is 12.1. The lowest BCUT2D eigenvalue weighted by Gasteiger charge is -2.20. The van der Waals surface area contributed by atoms with Crippen LogP contribution in [0.15, 0.2) is 42.6 Å². The summed E-state index contributed by atoms with van der Waals surface area (Å²) in [5.41, 5.74) is 0. The van der Waals surface area contributed by atoms with Crippen LogP contribution in [0.1, 0.15) is 6.42 Å². The Labute approximate surface area is 180 Å². The van der Waals surface area contributed by atoms with Crippen molar-refractivity contribution in [2.24, 2.45) is 11.8 Å². The van der Waals surface area contributed by atoms with Crippen molar-refractivity contribution in [3.8, 4) is 11.5 Å². The number of nitrogens with one attached hydrogen (secondary N) is 1. The van der Waals surface area contributed by atoms with Crippen LogP contribution in [0, 0.1) is 11.8 Å². The van der Waals surface area contributed by atoms with Crippen molar-refractivity contribution in [3.05, 3.63) is 52.8 Å². The van der Waals surface area contributed by atoms with Crippen LogP contribution in [0.5, 0.6) is 11.5 Å². The first kappa shape index (κ1) is 20.3. The van der Waals surface area contributed by atoms with E-state index in [1.807, 2.05) is 24.3 Å². The molecule has 1 aromatic carbocycles. The van der Waals surface area contributed by atoms with Crippen LogP contribution in [-0.4, -0.2) is 54.7 Å². The Bertz CT molecular complexity index is 820. The summed E-state index contributed by atoms with van der Waals surface area (Å²) in [6.45, 7) is 3.74. The first-order chi connectivity index (χ1) is 14.1. The van der Waals surface area contributed by atoms with Crippen molar-refractivity contribution >= 4 is 29.1 Å². The number of piperidine rings is 1. The van der Waals surface area contributed by atoms with Gasteiger partial charge < -0.3 is 19.7 Å². The van der Waals surface area contributed by atoms with Gasteiger partial charge in [-0.2, -0.15) is 0 Å². The van der Waals surface area contributed by atoms with E-state index in [9.17, 15) is 4.79 Å². The summed E-state index contributed by atoms with van der Waals surface area (Å²) in [4.78, 5) is 18.5. The fourth-order valence-electron chi connectivity index (χ4n) is 3.84. The molecule has 0 spiro atoms. The Kier molecular flexibility index (Phi) is 6.43. The lowest BCUT2D eigenvalue weighted by molar-refractivity contribution is -0.123. The second-order valence-corrected chi connectivity index (χ2v) is 8.27. The van der Waals surface area contributed by atoms with E-state index in [1.165, 1.54) is 6.20 Å². The van der Waals surface area contributed by atoms with Crippen LogP contribution in [0.3, 0.4) is 0 Å². The summed E-state index contributed by atoms with van der Waals surface area (Å²) >= 11 is 11.6. The molecule has 1 aromatic heterocycles. The molecule has 154 valence electrons. The number of carbonyl (C=O) groups excluding carboxylic acids is 1. The van der Waals surface area contributed by atoms with Crippen LogP contribution in [0.4, 0.5) is 0 Å². The standard InChI is InChI=1S/C21H23Cl2N3O3/c22-14-2-4-15(5-3-14)28-9-1-8-26-11-17-18(12-26)21(17)25-20(27)13-29-16-6-7-19(23)24-10-16/h2-7,10,17-18,21H,1,8-9,11-13H2,(H,25,27)/t17-,18+,21?. The molecule has 29 heavy (non-hydrogen) atoms. The number of hydrogen-bond acceptors (Lipinski definition) is 5. The van der Waals surface area contributed by atoms with E-state index in [0.29, 0.717) is 34.4 Å². The van der Waals surface area contributed by atoms with Crippen molar-refractivity contribution in [2.45, 2.75) is 12.5 Å². The molecule has 1 N–H and O–H groups in total. The third-order valence-corrected chi connectivity index (χ3v) is 5.84. The van der Waals surface area contributed by atoms with Gasteiger partial charge in [0.1, 0.15) is 16.7 Å². The van der Waals surface area contributed by atoms with E-state index in [4.69, 9.17) is 32.7 Å². The smallest absolute Gasteiger partial charge is 0.258 e. The highest BCUT2D eigenvalue weighted by Crippen LogP contribution is 2.45.